The first-order chi connectivity index (χ1) is 11.2. The number of nitrogens with zero attached hydrogens (tertiary/aromatic N) is 3. The third-order valence-corrected chi connectivity index (χ3v) is 4.01. The molecule has 1 aliphatic heterocycles. The van der Waals surface area contributed by atoms with Gasteiger partial charge >= 0.3 is 0 Å². The lowest BCUT2D eigenvalue weighted by Gasteiger charge is -2.27. The van der Waals surface area contributed by atoms with Crippen LogP contribution in [0.3, 0.4) is 0 Å². The molecule has 24 heavy (non-hydrogen) atoms. The van der Waals surface area contributed by atoms with Gasteiger partial charge < -0.3 is 20.3 Å². The number of morpholine rings is 1. The van der Waals surface area contributed by atoms with Crippen LogP contribution in [0, 0.1) is 0 Å². The second-order valence-corrected chi connectivity index (χ2v) is 5.45. The van der Waals surface area contributed by atoms with Gasteiger partial charge in [0.1, 0.15) is 0 Å². The normalized spacial score (nSPS) is 14.9. The van der Waals surface area contributed by atoms with E-state index in [1.807, 2.05) is 47.9 Å². The van der Waals surface area contributed by atoms with Crippen molar-refractivity contribution >= 4 is 35.8 Å². The van der Waals surface area contributed by atoms with E-state index in [0.717, 1.165) is 31.7 Å². The van der Waals surface area contributed by atoms with Crippen LogP contribution in [-0.2, 0) is 11.3 Å². The minimum absolute atomic E-state index is 0. The highest BCUT2D eigenvalue weighted by Crippen LogP contribution is 2.09. The van der Waals surface area contributed by atoms with Gasteiger partial charge in [-0.2, -0.15) is 0 Å². The van der Waals surface area contributed by atoms with Gasteiger partial charge in [0.25, 0.3) is 5.91 Å². The van der Waals surface area contributed by atoms with Crippen molar-refractivity contribution in [2.45, 2.75) is 20.4 Å². The van der Waals surface area contributed by atoms with Crippen LogP contribution in [-0.4, -0.2) is 61.1 Å². The third kappa shape index (κ3) is 5.62. The Bertz CT molecular complexity index is 538. The SMILES string of the molecule is CCN(CC)C(=O)c1ccc(CN=C(N)N2CCOCC2)cc1.I. The van der Waals surface area contributed by atoms with Crippen molar-refractivity contribution in [1.82, 2.24) is 9.80 Å². The average Bonchev–Trinajstić information content (AvgIpc) is 2.61. The molecule has 2 rings (SSSR count). The van der Waals surface area contributed by atoms with E-state index in [4.69, 9.17) is 10.5 Å². The Labute approximate surface area is 161 Å². The summed E-state index contributed by atoms with van der Waals surface area (Å²) in [5, 5.41) is 0. The van der Waals surface area contributed by atoms with Crippen LogP contribution in [0.4, 0.5) is 0 Å². The van der Waals surface area contributed by atoms with Gasteiger partial charge in [0.05, 0.1) is 19.8 Å². The third-order valence-electron chi connectivity index (χ3n) is 4.01. The minimum atomic E-state index is 0. The molecule has 0 atom stereocenters. The summed E-state index contributed by atoms with van der Waals surface area (Å²) < 4.78 is 5.30. The summed E-state index contributed by atoms with van der Waals surface area (Å²) in [5.74, 6) is 0.620. The number of amides is 1. The van der Waals surface area contributed by atoms with Crippen LogP contribution in [0.25, 0.3) is 0 Å². The monoisotopic (exact) mass is 446 g/mol. The Morgan fingerprint density at radius 2 is 1.79 bits per heavy atom. The van der Waals surface area contributed by atoms with Crippen LogP contribution in [0.15, 0.2) is 29.3 Å². The van der Waals surface area contributed by atoms with E-state index in [-0.39, 0.29) is 29.9 Å². The predicted octanol–water partition coefficient (Wildman–Crippen LogP) is 1.93. The summed E-state index contributed by atoms with van der Waals surface area (Å²) in [4.78, 5) is 20.5. The molecule has 1 amide bonds. The Hall–Kier alpha value is -1.35. The van der Waals surface area contributed by atoms with Gasteiger partial charge in [0.2, 0.25) is 0 Å². The Morgan fingerprint density at radius 3 is 2.33 bits per heavy atom. The maximum absolute atomic E-state index is 12.3. The average molecular weight is 446 g/mol. The number of aliphatic imine (C=N–C) groups is 1. The van der Waals surface area contributed by atoms with Gasteiger partial charge in [-0.05, 0) is 31.5 Å². The smallest absolute Gasteiger partial charge is 0.253 e. The van der Waals surface area contributed by atoms with E-state index in [0.29, 0.717) is 31.3 Å². The van der Waals surface area contributed by atoms with Gasteiger partial charge in [-0.25, -0.2) is 4.99 Å². The van der Waals surface area contributed by atoms with E-state index in [1.165, 1.54) is 0 Å². The highest BCUT2D eigenvalue weighted by atomic mass is 127. The number of carbonyl (C=O) groups is 1. The number of halogens is 1. The lowest BCUT2D eigenvalue weighted by molar-refractivity contribution is 0.0674. The van der Waals surface area contributed by atoms with Gasteiger partial charge in [-0.3, -0.25) is 4.79 Å². The maximum atomic E-state index is 12.3. The molecule has 0 spiro atoms. The molecule has 1 aromatic carbocycles. The summed E-state index contributed by atoms with van der Waals surface area (Å²) in [6.07, 6.45) is 0. The fraction of sp³-hybridized carbons (Fsp3) is 0.529. The van der Waals surface area contributed by atoms with E-state index >= 15 is 0 Å². The Kier molecular flexibility index (Phi) is 9.05. The van der Waals surface area contributed by atoms with Crippen molar-refractivity contribution in [3.63, 3.8) is 0 Å². The van der Waals surface area contributed by atoms with E-state index in [1.54, 1.807) is 0 Å². The van der Waals surface area contributed by atoms with Crippen LogP contribution < -0.4 is 5.73 Å². The molecule has 1 fully saturated rings. The molecule has 0 unspecified atom stereocenters. The van der Waals surface area contributed by atoms with Crippen LogP contribution >= 0.6 is 24.0 Å². The second-order valence-electron chi connectivity index (χ2n) is 5.45. The first kappa shape index (κ1) is 20.7. The number of benzene rings is 1. The summed E-state index contributed by atoms with van der Waals surface area (Å²) >= 11 is 0. The molecule has 6 nitrogen and oxygen atoms in total. The number of rotatable bonds is 5. The molecule has 0 aromatic heterocycles. The first-order valence-electron chi connectivity index (χ1n) is 8.16. The highest BCUT2D eigenvalue weighted by Gasteiger charge is 2.13. The van der Waals surface area contributed by atoms with E-state index < -0.39 is 0 Å². The van der Waals surface area contributed by atoms with Crippen LogP contribution in [0.5, 0.6) is 0 Å². The predicted molar refractivity (Wildman–Crippen MR) is 107 cm³/mol. The largest absolute Gasteiger partial charge is 0.378 e. The molecule has 0 aliphatic carbocycles. The zero-order valence-electron chi connectivity index (χ0n) is 14.4. The molecule has 134 valence electrons. The number of hydrogen-bond donors (Lipinski definition) is 1. The number of carbonyl (C=O) groups excluding carboxylic acids is 1. The molecule has 1 aromatic rings. The second kappa shape index (κ2) is 10.5. The molecular weight excluding hydrogens is 419 g/mol. The zero-order valence-corrected chi connectivity index (χ0v) is 16.7. The lowest BCUT2D eigenvalue weighted by atomic mass is 10.1. The summed E-state index contributed by atoms with van der Waals surface area (Å²) in [6, 6.07) is 7.59. The van der Waals surface area contributed by atoms with Crippen molar-refractivity contribution in [3.05, 3.63) is 35.4 Å². The Balaban J connectivity index is 0.00000288. The Morgan fingerprint density at radius 1 is 1.21 bits per heavy atom. The van der Waals surface area contributed by atoms with Crippen LogP contribution in [0.1, 0.15) is 29.8 Å². The molecule has 1 aliphatic rings. The molecule has 0 bridgehead atoms. The maximum Gasteiger partial charge on any atom is 0.253 e. The fourth-order valence-corrected chi connectivity index (χ4v) is 2.51. The van der Waals surface area contributed by atoms with E-state index in [2.05, 4.69) is 4.99 Å². The molecule has 1 heterocycles. The molecule has 1 saturated heterocycles. The number of nitrogens with two attached hydrogens (primary N) is 1. The van der Waals surface area contributed by atoms with Gasteiger partial charge in [-0.1, -0.05) is 12.1 Å². The zero-order chi connectivity index (χ0) is 16.7. The van der Waals surface area contributed by atoms with Crippen LogP contribution in [0.2, 0.25) is 0 Å². The lowest BCUT2D eigenvalue weighted by Crippen LogP contribution is -2.44. The van der Waals surface area contributed by atoms with Gasteiger partial charge in [0.15, 0.2) is 5.96 Å². The molecule has 7 heteroatoms. The van der Waals surface area contributed by atoms with Crippen molar-refractivity contribution in [2.75, 3.05) is 39.4 Å². The molecule has 0 saturated carbocycles. The first-order valence-corrected chi connectivity index (χ1v) is 8.16. The molecule has 2 N–H and O–H groups in total. The topological polar surface area (TPSA) is 71.2 Å². The summed E-state index contributed by atoms with van der Waals surface area (Å²) in [6.45, 7) is 8.88. The number of guanidine groups is 1. The van der Waals surface area contributed by atoms with Gasteiger partial charge in [-0.15, -0.1) is 24.0 Å². The van der Waals surface area contributed by atoms with Crippen molar-refractivity contribution < 1.29 is 9.53 Å². The number of hydrogen-bond acceptors (Lipinski definition) is 3. The van der Waals surface area contributed by atoms with Crippen molar-refractivity contribution in [2.24, 2.45) is 10.7 Å². The van der Waals surface area contributed by atoms with Crippen molar-refractivity contribution in [1.29, 1.82) is 0 Å². The summed E-state index contributed by atoms with van der Waals surface area (Å²) in [5.41, 5.74) is 7.76. The number of ether oxygens (including phenoxy) is 1. The van der Waals surface area contributed by atoms with Gasteiger partial charge in [0, 0.05) is 31.7 Å². The summed E-state index contributed by atoms with van der Waals surface area (Å²) in [7, 11) is 0. The quantitative estimate of drug-likeness (QED) is 0.427. The minimum Gasteiger partial charge on any atom is -0.378 e. The highest BCUT2D eigenvalue weighted by molar-refractivity contribution is 14.0. The molecular formula is C17H27IN4O2. The molecule has 0 radical (unpaired) electrons. The van der Waals surface area contributed by atoms with E-state index in [9.17, 15) is 4.79 Å². The fourth-order valence-electron chi connectivity index (χ4n) is 2.51. The standard InChI is InChI=1S/C17H26N4O2.HI/c1-3-20(4-2)16(22)15-7-5-14(6-8-15)13-19-17(18)21-9-11-23-12-10-21;/h5-8H,3-4,9-13H2,1-2H3,(H2,18,19);1H. The van der Waals surface area contributed by atoms with Crippen molar-refractivity contribution in [3.8, 4) is 0 Å².